The molecule has 0 atom stereocenters. The summed E-state index contributed by atoms with van der Waals surface area (Å²) in [6.07, 6.45) is 1.55. The van der Waals surface area contributed by atoms with Gasteiger partial charge in [-0.25, -0.2) is 9.78 Å². The van der Waals surface area contributed by atoms with Gasteiger partial charge in [-0.15, -0.1) is 0 Å². The fourth-order valence-corrected chi connectivity index (χ4v) is 1.76. The maximum atomic E-state index is 10.8. The molecule has 2 heterocycles. The lowest BCUT2D eigenvalue weighted by atomic mass is 10.2. The van der Waals surface area contributed by atoms with Crippen LogP contribution in [-0.4, -0.2) is 54.2 Å². The highest BCUT2D eigenvalue weighted by atomic mass is 16.4. The summed E-state index contributed by atoms with van der Waals surface area (Å²) in [7, 11) is 2.08. The van der Waals surface area contributed by atoms with E-state index >= 15 is 0 Å². The quantitative estimate of drug-likeness (QED) is 0.789. The summed E-state index contributed by atoms with van der Waals surface area (Å²) in [6, 6.07) is 3.15. The van der Waals surface area contributed by atoms with E-state index < -0.39 is 5.97 Å². The molecule has 1 aromatic rings. The Morgan fingerprint density at radius 1 is 1.38 bits per heavy atom. The Morgan fingerprint density at radius 2 is 2.06 bits per heavy atom. The smallest absolute Gasteiger partial charge is 0.335 e. The van der Waals surface area contributed by atoms with E-state index in [1.165, 1.54) is 6.07 Å². The molecule has 0 spiro atoms. The second-order valence-electron chi connectivity index (χ2n) is 4.00. The number of rotatable bonds is 2. The summed E-state index contributed by atoms with van der Waals surface area (Å²) in [5.74, 6) is -0.147. The number of pyridine rings is 1. The molecule has 1 aromatic heterocycles. The van der Waals surface area contributed by atoms with Crippen molar-refractivity contribution in [2.75, 3.05) is 38.1 Å². The second-order valence-corrected chi connectivity index (χ2v) is 4.00. The molecule has 0 aromatic carbocycles. The summed E-state index contributed by atoms with van der Waals surface area (Å²) in [6.45, 7) is 3.76. The van der Waals surface area contributed by atoms with E-state index in [1.54, 1.807) is 12.3 Å². The molecule has 86 valence electrons. The fourth-order valence-electron chi connectivity index (χ4n) is 1.76. The standard InChI is InChI=1S/C11H15N3O2/c1-13-4-6-14(7-5-13)10-8-9(11(15)16)2-3-12-10/h2-3,8H,4-7H2,1H3,(H,15,16). The van der Waals surface area contributed by atoms with Crippen LogP contribution in [0.4, 0.5) is 5.82 Å². The lowest BCUT2D eigenvalue weighted by molar-refractivity contribution is 0.0697. The predicted molar refractivity (Wildman–Crippen MR) is 60.9 cm³/mol. The van der Waals surface area contributed by atoms with Gasteiger partial charge in [-0.2, -0.15) is 0 Å². The van der Waals surface area contributed by atoms with Gasteiger partial charge in [0.15, 0.2) is 0 Å². The van der Waals surface area contributed by atoms with Gasteiger partial charge in [0.05, 0.1) is 5.56 Å². The van der Waals surface area contributed by atoms with Crippen molar-refractivity contribution in [3.8, 4) is 0 Å². The van der Waals surface area contributed by atoms with Gasteiger partial charge in [0.2, 0.25) is 0 Å². The molecule has 1 fully saturated rings. The van der Waals surface area contributed by atoms with Crippen molar-refractivity contribution >= 4 is 11.8 Å². The normalized spacial score (nSPS) is 17.4. The second kappa shape index (κ2) is 4.49. The van der Waals surface area contributed by atoms with Crippen LogP contribution < -0.4 is 4.90 Å². The van der Waals surface area contributed by atoms with Gasteiger partial charge >= 0.3 is 5.97 Å². The summed E-state index contributed by atoms with van der Waals surface area (Å²) in [5.41, 5.74) is 0.295. The molecule has 5 nitrogen and oxygen atoms in total. The number of nitrogens with zero attached hydrogens (tertiary/aromatic N) is 3. The lowest BCUT2D eigenvalue weighted by Gasteiger charge is -2.33. The number of carboxylic acid groups (broad SMARTS) is 1. The first-order valence-electron chi connectivity index (χ1n) is 5.29. The van der Waals surface area contributed by atoms with Gasteiger partial charge in [0.1, 0.15) is 5.82 Å². The Bertz CT molecular complexity index is 387. The molecule has 16 heavy (non-hydrogen) atoms. The van der Waals surface area contributed by atoms with Crippen molar-refractivity contribution < 1.29 is 9.90 Å². The highest BCUT2D eigenvalue weighted by Crippen LogP contribution is 2.14. The molecular weight excluding hydrogens is 206 g/mol. The number of hydrogen-bond acceptors (Lipinski definition) is 4. The summed E-state index contributed by atoms with van der Waals surface area (Å²) in [5, 5.41) is 8.90. The maximum Gasteiger partial charge on any atom is 0.335 e. The predicted octanol–water partition coefficient (Wildman–Crippen LogP) is 0.532. The first-order valence-corrected chi connectivity index (χ1v) is 5.29. The van der Waals surface area contributed by atoms with Crippen molar-refractivity contribution in [1.29, 1.82) is 0 Å². The first-order chi connectivity index (χ1) is 7.66. The number of aromatic carboxylic acids is 1. The van der Waals surface area contributed by atoms with Crippen LogP contribution in [0.25, 0.3) is 0 Å². The van der Waals surface area contributed by atoms with Gasteiger partial charge in [-0.05, 0) is 19.2 Å². The molecule has 0 unspecified atom stereocenters. The molecule has 5 heteroatoms. The van der Waals surface area contributed by atoms with Gasteiger partial charge in [-0.3, -0.25) is 0 Å². The summed E-state index contributed by atoms with van der Waals surface area (Å²) >= 11 is 0. The average Bonchev–Trinajstić information content (AvgIpc) is 2.30. The average molecular weight is 221 g/mol. The van der Waals surface area contributed by atoms with E-state index in [0.29, 0.717) is 5.56 Å². The van der Waals surface area contributed by atoms with E-state index in [2.05, 4.69) is 21.8 Å². The van der Waals surface area contributed by atoms with E-state index in [1.807, 2.05) is 0 Å². The highest BCUT2D eigenvalue weighted by molar-refractivity contribution is 5.88. The van der Waals surface area contributed by atoms with Gasteiger partial charge in [0.25, 0.3) is 0 Å². The van der Waals surface area contributed by atoms with Crippen LogP contribution in [-0.2, 0) is 0 Å². The number of carboxylic acids is 1. The topological polar surface area (TPSA) is 56.7 Å². The van der Waals surface area contributed by atoms with Gasteiger partial charge < -0.3 is 14.9 Å². The van der Waals surface area contributed by atoms with E-state index in [-0.39, 0.29) is 0 Å². The van der Waals surface area contributed by atoms with Gasteiger partial charge in [0, 0.05) is 32.4 Å². The Balaban J connectivity index is 2.14. The Hall–Kier alpha value is -1.62. The Morgan fingerprint density at radius 3 is 2.69 bits per heavy atom. The van der Waals surface area contributed by atoms with Crippen molar-refractivity contribution in [2.45, 2.75) is 0 Å². The largest absolute Gasteiger partial charge is 0.478 e. The Labute approximate surface area is 94.3 Å². The number of carbonyl (C=O) groups is 1. The molecule has 0 amide bonds. The number of likely N-dealkylation sites (N-methyl/N-ethyl adjacent to an activating group) is 1. The number of hydrogen-bond donors (Lipinski definition) is 1. The molecule has 1 saturated heterocycles. The zero-order chi connectivity index (χ0) is 11.5. The van der Waals surface area contributed by atoms with Crippen molar-refractivity contribution in [2.24, 2.45) is 0 Å². The summed E-state index contributed by atoms with van der Waals surface area (Å²) in [4.78, 5) is 19.4. The van der Waals surface area contributed by atoms with Gasteiger partial charge in [-0.1, -0.05) is 0 Å². The van der Waals surface area contributed by atoms with Crippen molar-refractivity contribution in [1.82, 2.24) is 9.88 Å². The molecule has 0 radical (unpaired) electrons. The van der Waals surface area contributed by atoms with E-state index in [4.69, 9.17) is 5.11 Å². The fraction of sp³-hybridized carbons (Fsp3) is 0.455. The van der Waals surface area contributed by atoms with E-state index in [0.717, 1.165) is 32.0 Å². The molecule has 1 aliphatic heterocycles. The molecule has 1 N–H and O–H groups in total. The number of piperazine rings is 1. The number of anilines is 1. The SMILES string of the molecule is CN1CCN(c2cc(C(=O)O)ccn2)CC1. The zero-order valence-corrected chi connectivity index (χ0v) is 9.26. The van der Waals surface area contributed by atoms with Crippen molar-refractivity contribution in [3.63, 3.8) is 0 Å². The first kappa shape index (κ1) is 10.9. The molecule has 0 saturated carbocycles. The molecule has 0 bridgehead atoms. The van der Waals surface area contributed by atoms with Crippen LogP contribution >= 0.6 is 0 Å². The van der Waals surface area contributed by atoms with Crippen LogP contribution in [0.1, 0.15) is 10.4 Å². The monoisotopic (exact) mass is 221 g/mol. The van der Waals surface area contributed by atoms with Crippen LogP contribution in [0.2, 0.25) is 0 Å². The molecule has 0 aliphatic carbocycles. The third kappa shape index (κ3) is 2.30. The van der Waals surface area contributed by atoms with E-state index in [9.17, 15) is 4.79 Å². The minimum Gasteiger partial charge on any atom is -0.478 e. The highest BCUT2D eigenvalue weighted by Gasteiger charge is 2.16. The van der Waals surface area contributed by atoms with Crippen LogP contribution in [0.3, 0.4) is 0 Å². The maximum absolute atomic E-state index is 10.8. The molecule has 1 aliphatic rings. The molecular formula is C11H15N3O2. The molecule has 2 rings (SSSR count). The Kier molecular flexibility index (Phi) is 3.05. The van der Waals surface area contributed by atoms with Crippen LogP contribution in [0.15, 0.2) is 18.3 Å². The summed E-state index contributed by atoms with van der Waals surface area (Å²) < 4.78 is 0. The van der Waals surface area contributed by atoms with Crippen LogP contribution in [0.5, 0.6) is 0 Å². The zero-order valence-electron chi connectivity index (χ0n) is 9.26. The number of aromatic nitrogens is 1. The minimum atomic E-state index is -0.905. The third-order valence-corrected chi connectivity index (χ3v) is 2.82. The minimum absolute atomic E-state index is 0.295. The lowest BCUT2D eigenvalue weighted by Crippen LogP contribution is -2.44. The van der Waals surface area contributed by atoms with Crippen molar-refractivity contribution in [3.05, 3.63) is 23.9 Å². The van der Waals surface area contributed by atoms with Crippen LogP contribution in [0, 0.1) is 0 Å². The third-order valence-electron chi connectivity index (χ3n) is 2.82.